The van der Waals surface area contributed by atoms with Crippen molar-refractivity contribution in [1.29, 1.82) is 0 Å². The van der Waals surface area contributed by atoms with Gasteiger partial charge in [0.15, 0.2) is 6.10 Å². The van der Waals surface area contributed by atoms with Crippen LogP contribution in [0.3, 0.4) is 0 Å². The van der Waals surface area contributed by atoms with Crippen LogP contribution >= 0.6 is 15.9 Å². The number of carbonyl (C=O) groups excluding carboxylic acids is 1. The Balaban J connectivity index is 3.03. The summed E-state index contributed by atoms with van der Waals surface area (Å²) in [6.07, 6.45) is -1.37. The van der Waals surface area contributed by atoms with Crippen molar-refractivity contribution in [1.82, 2.24) is 0 Å². The van der Waals surface area contributed by atoms with E-state index in [4.69, 9.17) is 10.3 Å². The maximum atomic E-state index is 11.8. The largest absolute Gasteiger partial charge is 0.451 e. The lowest BCUT2D eigenvalue weighted by atomic mass is 10.0. The molecule has 0 bridgehead atoms. The Labute approximate surface area is 120 Å². The third-order valence-electron chi connectivity index (χ3n) is 2.17. The summed E-state index contributed by atoms with van der Waals surface area (Å²) >= 11 is 3.26. The van der Waals surface area contributed by atoms with Gasteiger partial charge in [-0.25, -0.2) is 4.79 Å². The molecule has 0 amide bonds. The van der Waals surface area contributed by atoms with Crippen LogP contribution in [0.25, 0.3) is 5.53 Å². The number of hydrogen-bond donors (Lipinski definition) is 1. The van der Waals surface area contributed by atoms with Crippen LogP contribution in [-0.2, 0) is 9.53 Å². The van der Waals surface area contributed by atoms with Crippen molar-refractivity contribution in [2.24, 2.45) is 0 Å². The van der Waals surface area contributed by atoms with Gasteiger partial charge in [-0.05, 0) is 26.8 Å². The predicted octanol–water partition coefficient (Wildman–Crippen LogP) is 2.50. The van der Waals surface area contributed by atoms with Crippen LogP contribution in [0.5, 0.6) is 0 Å². The van der Waals surface area contributed by atoms with Gasteiger partial charge in [0.25, 0.3) is 0 Å². The highest BCUT2D eigenvalue weighted by atomic mass is 79.9. The van der Waals surface area contributed by atoms with E-state index in [0.717, 1.165) is 0 Å². The van der Waals surface area contributed by atoms with Crippen molar-refractivity contribution < 1.29 is 19.4 Å². The molecule has 0 heterocycles. The molecule has 0 aliphatic rings. The fourth-order valence-electron chi connectivity index (χ4n) is 1.38. The zero-order valence-electron chi connectivity index (χ0n) is 10.9. The number of hydrogen-bond acceptors (Lipinski definition) is 3. The molecule has 0 saturated carbocycles. The van der Waals surface area contributed by atoms with Gasteiger partial charge in [-0.15, -0.1) is 0 Å². The molecule has 0 radical (unpaired) electrons. The van der Waals surface area contributed by atoms with E-state index in [1.807, 2.05) is 0 Å². The fraction of sp³-hybridized carbons (Fsp3) is 0.385. The van der Waals surface area contributed by atoms with Crippen LogP contribution < -0.4 is 0 Å². The number of rotatable bonds is 3. The SMILES string of the molecule is CC(C)(C)OC(=O)C(=[N+]=[N-])C(O)c1ccccc1Br. The highest BCUT2D eigenvalue weighted by molar-refractivity contribution is 9.10. The normalized spacial score (nSPS) is 12.5. The summed E-state index contributed by atoms with van der Waals surface area (Å²) in [6, 6.07) is 6.80. The second kappa shape index (κ2) is 6.10. The smallest absolute Gasteiger partial charge is 0.420 e. The third-order valence-corrected chi connectivity index (χ3v) is 2.90. The van der Waals surface area contributed by atoms with Crippen molar-refractivity contribution in [3.63, 3.8) is 0 Å². The Morgan fingerprint density at radius 3 is 2.47 bits per heavy atom. The lowest BCUT2D eigenvalue weighted by Crippen LogP contribution is -2.32. The quantitative estimate of drug-likeness (QED) is 0.401. The molecule has 0 aliphatic heterocycles. The summed E-state index contributed by atoms with van der Waals surface area (Å²) in [5.74, 6) is -0.863. The van der Waals surface area contributed by atoms with Gasteiger partial charge in [0.1, 0.15) is 5.60 Å². The minimum absolute atomic E-state index is 0.418. The first-order valence-corrected chi connectivity index (χ1v) is 6.43. The fourth-order valence-corrected chi connectivity index (χ4v) is 1.88. The molecule has 1 rings (SSSR count). The maximum Gasteiger partial charge on any atom is 0.420 e. The average molecular weight is 327 g/mol. The molecule has 0 saturated heterocycles. The molecular formula is C13H15BrN2O3. The number of halogens is 1. The second-order valence-corrected chi connectivity index (χ2v) is 5.77. The topological polar surface area (TPSA) is 82.9 Å². The lowest BCUT2D eigenvalue weighted by Gasteiger charge is -2.18. The van der Waals surface area contributed by atoms with Gasteiger partial charge in [-0.3, -0.25) is 0 Å². The van der Waals surface area contributed by atoms with Crippen LogP contribution in [0.15, 0.2) is 28.7 Å². The molecule has 102 valence electrons. The molecule has 5 nitrogen and oxygen atoms in total. The van der Waals surface area contributed by atoms with Gasteiger partial charge in [-0.1, -0.05) is 34.1 Å². The van der Waals surface area contributed by atoms with E-state index in [2.05, 4.69) is 20.7 Å². The van der Waals surface area contributed by atoms with E-state index in [0.29, 0.717) is 10.0 Å². The van der Waals surface area contributed by atoms with Crippen LogP contribution in [0.4, 0.5) is 0 Å². The molecule has 0 spiro atoms. The molecule has 19 heavy (non-hydrogen) atoms. The van der Waals surface area contributed by atoms with E-state index < -0.39 is 23.4 Å². The zero-order valence-corrected chi connectivity index (χ0v) is 12.5. The van der Waals surface area contributed by atoms with E-state index in [9.17, 15) is 9.90 Å². The van der Waals surface area contributed by atoms with Crippen molar-refractivity contribution >= 4 is 27.6 Å². The minimum atomic E-state index is -1.37. The third kappa shape index (κ3) is 4.28. The van der Waals surface area contributed by atoms with Gasteiger partial charge in [0.2, 0.25) is 0 Å². The van der Waals surface area contributed by atoms with Crippen LogP contribution in [-0.4, -0.2) is 27.2 Å². The Hall–Kier alpha value is -1.49. The van der Waals surface area contributed by atoms with Gasteiger partial charge < -0.3 is 15.4 Å². The number of nitrogens with zero attached hydrogens (tertiary/aromatic N) is 2. The number of aliphatic hydroxyl groups is 1. The van der Waals surface area contributed by atoms with Crippen LogP contribution in [0.2, 0.25) is 0 Å². The van der Waals surface area contributed by atoms with Gasteiger partial charge >= 0.3 is 11.7 Å². The minimum Gasteiger partial charge on any atom is -0.451 e. The predicted molar refractivity (Wildman–Crippen MR) is 73.6 cm³/mol. The first-order valence-electron chi connectivity index (χ1n) is 5.64. The summed E-state index contributed by atoms with van der Waals surface area (Å²) in [5, 5.41) is 10.1. The highest BCUT2D eigenvalue weighted by Crippen LogP contribution is 2.24. The average Bonchev–Trinajstić information content (AvgIpc) is 2.27. The number of benzene rings is 1. The van der Waals surface area contributed by atoms with E-state index >= 15 is 0 Å². The summed E-state index contributed by atoms with van der Waals surface area (Å²) in [4.78, 5) is 14.7. The second-order valence-electron chi connectivity index (χ2n) is 4.91. The Morgan fingerprint density at radius 2 is 2.00 bits per heavy atom. The standard InChI is InChI=1S/C13H15BrN2O3/c1-13(2,3)19-12(18)10(16-15)11(17)8-6-4-5-7-9(8)14/h4-7,11,17H,1-3H3. The van der Waals surface area contributed by atoms with Crippen molar-refractivity contribution in [2.45, 2.75) is 32.5 Å². The molecule has 1 aromatic rings. The molecule has 1 aromatic carbocycles. The van der Waals surface area contributed by atoms with E-state index in [1.54, 1.807) is 45.0 Å². The van der Waals surface area contributed by atoms with Gasteiger partial charge in [0, 0.05) is 10.0 Å². The summed E-state index contributed by atoms with van der Waals surface area (Å²) in [7, 11) is 0. The first-order chi connectivity index (χ1) is 8.76. The molecule has 0 fully saturated rings. The molecule has 1 N–H and O–H groups in total. The molecule has 0 aliphatic carbocycles. The number of aliphatic hydroxyl groups excluding tert-OH is 1. The van der Waals surface area contributed by atoms with Crippen molar-refractivity contribution in [2.75, 3.05) is 0 Å². The lowest BCUT2D eigenvalue weighted by molar-refractivity contribution is -0.152. The Morgan fingerprint density at radius 1 is 1.42 bits per heavy atom. The summed E-state index contributed by atoms with van der Waals surface area (Å²) in [5.41, 5.74) is 8.15. The monoisotopic (exact) mass is 326 g/mol. The number of carbonyl (C=O) groups is 1. The molecule has 1 atom stereocenters. The molecule has 6 heteroatoms. The summed E-state index contributed by atoms with van der Waals surface area (Å²) < 4.78 is 5.67. The van der Waals surface area contributed by atoms with Crippen molar-refractivity contribution in [3.8, 4) is 0 Å². The maximum absolute atomic E-state index is 11.8. The van der Waals surface area contributed by atoms with Gasteiger partial charge in [0.05, 0.1) is 0 Å². The summed E-state index contributed by atoms with van der Waals surface area (Å²) in [6.45, 7) is 5.06. The van der Waals surface area contributed by atoms with E-state index in [-0.39, 0.29) is 0 Å². The van der Waals surface area contributed by atoms with Crippen molar-refractivity contribution in [3.05, 3.63) is 39.8 Å². The number of esters is 1. The van der Waals surface area contributed by atoms with E-state index in [1.165, 1.54) is 0 Å². The van der Waals surface area contributed by atoms with Crippen LogP contribution in [0.1, 0.15) is 32.4 Å². The first kappa shape index (κ1) is 15.6. The zero-order chi connectivity index (χ0) is 14.6. The highest BCUT2D eigenvalue weighted by Gasteiger charge is 2.35. The molecule has 0 aromatic heterocycles. The van der Waals surface area contributed by atoms with Crippen LogP contribution in [0, 0.1) is 0 Å². The Bertz CT molecular complexity index is 531. The van der Waals surface area contributed by atoms with Gasteiger partial charge in [-0.2, -0.15) is 4.79 Å². The molecular weight excluding hydrogens is 312 g/mol. The number of ether oxygens (including phenoxy) is 1. The Kier molecular flexibility index (Phi) is 5.00. The molecule has 1 unspecified atom stereocenters.